The van der Waals surface area contributed by atoms with E-state index in [2.05, 4.69) is 0 Å². The summed E-state index contributed by atoms with van der Waals surface area (Å²) in [6.45, 7) is 0. The van der Waals surface area contributed by atoms with Crippen LogP contribution in [0.3, 0.4) is 0 Å². The summed E-state index contributed by atoms with van der Waals surface area (Å²) in [6, 6.07) is 7.56. The lowest BCUT2D eigenvalue weighted by Gasteiger charge is -2.18. The third-order valence-corrected chi connectivity index (χ3v) is 3.06. The van der Waals surface area contributed by atoms with Crippen molar-refractivity contribution < 1.29 is 9.90 Å². The number of rotatable bonds is 3. The first-order valence-corrected chi connectivity index (χ1v) is 5.18. The first-order valence-electron chi connectivity index (χ1n) is 4.81. The Balaban J connectivity index is 2.06. The second-order valence-corrected chi connectivity index (χ2v) is 4.27. The molecule has 3 nitrogen and oxygen atoms in total. The molecule has 0 radical (unpaired) electrons. The van der Waals surface area contributed by atoms with Gasteiger partial charge in [0.25, 0.3) is 0 Å². The lowest BCUT2D eigenvalue weighted by Crippen LogP contribution is -2.23. The highest BCUT2D eigenvalue weighted by Crippen LogP contribution is 2.37. The molecule has 1 saturated carbocycles. The highest BCUT2D eigenvalue weighted by atomic mass is 35.5. The van der Waals surface area contributed by atoms with Crippen LogP contribution in [-0.2, 0) is 4.79 Å². The highest BCUT2D eigenvalue weighted by Gasteiger charge is 2.46. The Hall–Kier alpha value is -1.22. The second-order valence-electron chi connectivity index (χ2n) is 3.84. The molecule has 1 aliphatic rings. The van der Waals surface area contributed by atoms with Crippen LogP contribution in [0.5, 0.6) is 0 Å². The Morgan fingerprint density at radius 1 is 1.47 bits per heavy atom. The fraction of sp³-hybridized carbons (Fsp3) is 0.364. The van der Waals surface area contributed by atoms with Crippen LogP contribution in [0.4, 0.5) is 5.69 Å². The van der Waals surface area contributed by atoms with Gasteiger partial charge in [0.15, 0.2) is 0 Å². The van der Waals surface area contributed by atoms with E-state index in [0.717, 1.165) is 12.1 Å². The van der Waals surface area contributed by atoms with Gasteiger partial charge in [-0.25, -0.2) is 0 Å². The summed E-state index contributed by atoms with van der Waals surface area (Å²) in [4.78, 5) is 12.7. The van der Waals surface area contributed by atoms with Crippen molar-refractivity contribution in [3.8, 4) is 0 Å². The van der Waals surface area contributed by atoms with Gasteiger partial charge in [0.05, 0.1) is 5.92 Å². The van der Waals surface area contributed by atoms with Crippen LogP contribution in [0.1, 0.15) is 6.42 Å². The van der Waals surface area contributed by atoms with E-state index in [-0.39, 0.29) is 12.0 Å². The standard InChI is InChI=1S/C11H12ClNO2/c1-13(10-6-9(10)11(14)15)8-4-2-7(12)3-5-8/h2-5,9-10H,6H2,1H3,(H,14,15). The van der Waals surface area contributed by atoms with Gasteiger partial charge in [-0.05, 0) is 30.7 Å². The predicted molar refractivity (Wildman–Crippen MR) is 59.4 cm³/mol. The summed E-state index contributed by atoms with van der Waals surface area (Å²) < 4.78 is 0. The smallest absolute Gasteiger partial charge is 0.308 e. The number of carboxylic acids is 1. The topological polar surface area (TPSA) is 40.5 Å². The molecule has 0 aliphatic heterocycles. The van der Waals surface area contributed by atoms with Gasteiger partial charge in [-0.15, -0.1) is 0 Å². The summed E-state index contributed by atoms with van der Waals surface area (Å²) in [5, 5.41) is 9.51. The minimum absolute atomic E-state index is 0.128. The summed E-state index contributed by atoms with van der Waals surface area (Å²) in [7, 11) is 1.91. The molecule has 2 atom stereocenters. The SMILES string of the molecule is CN(c1ccc(Cl)cc1)C1CC1C(=O)O. The number of benzene rings is 1. The van der Waals surface area contributed by atoms with Crippen LogP contribution in [0, 0.1) is 5.92 Å². The quantitative estimate of drug-likeness (QED) is 0.858. The second kappa shape index (κ2) is 3.74. The Morgan fingerprint density at radius 3 is 2.53 bits per heavy atom. The average Bonchev–Trinajstić information content (AvgIpc) is 2.97. The molecule has 4 heteroatoms. The number of halogens is 1. The third kappa shape index (κ3) is 2.07. The van der Waals surface area contributed by atoms with E-state index in [4.69, 9.17) is 16.7 Å². The number of nitrogens with zero attached hydrogens (tertiary/aromatic N) is 1. The molecule has 2 rings (SSSR count). The van der Waals surface area contributed by atoms with Crippen molar-refractivity contribution in [3.05, 3.63) is 29.3 Å². The van der Waals surface area contributed by atoms with Gasteiger partial charge in [-0.1, -0.05) is 11.6 Å². The molecule has 0 saturated heterocycles. The van der Waals surface area contributed by atoms with Crippen molar-refractivity contribution in [3.63, 3.8) is 0 Å². The molecule has 0 bridgehead atoms. The normalized spacial score (nSPS) is 23.6. The van der Waals surface area contributed by atoms with E-state index < -0.39 is 5.97 Å². The summed E-state index contributed by atoms with van der Waals surface area (Å²) >= 11 is 5.78. The summed E-state index contributed by atoms with van der Waals surface area (Å²) in [6.07, 6.45) is 0.731. The number of carboxylic acid groups (broad SMARTS) is 1. The monoisotopic (exact) mass is 225 g/mol. The fourth-order valence-electron chi connectivity index (χ4n) is 1.74. The molecule has 0 heterocycles. The molecular weight excluding hydrogens is 214 g/mol. The molecule has 80 valence electrons. The van der Waals surface area contributed by atoms with Crippen molar-refractivity contribution in [1.29, 1.82) is 0 Å². The minimum Gasteiger partial charge on any atom is -0.481 e. The Morgan fingerprint density at radius 2 is 2.07 bits per heavy atom. The number of aliphatic carboxylic acids is 1. The molecule has 2 unspecified atom stereocenters. The van der Waals surface area contributed by atoms with Gasteiger partial charge < -0.3 is 10.0 Å². The number of hydrogen-bond acceptors (Lipinski definition) is 2. The van der Waals surface area contributed by atoms with Crippen molar-refractivity contribution in [2.75, 3.05) is 11.9 Å². The molecule has 1 N–H and O–H groups in total. The van der Waals surface area contributed by atoms with E-state index in [0.29, 0.717) is 5.02 Å². The molecule has 1 aromatic carbocycles. The number of anilines is 1. The summed E-state index contributed by atoms with van der Waals surface area (Å²) in [5.74, 6) is -0.925. The zero-order chi connectivity index (χ0) is 11.0. The first-order chi connectivity index (χ1) is 7.09. The predicted octanol–water partition coefficient (Wildman–Crippen LogP) is 2.25. The third-order valence-electron chi connectivity index (χ3n) is 2.81. The molecule has 1 aromatic rings. The molecule has 1 fully saturated rings. The molecular formula is C11H12ClNO2. The van der Waals surface area contributed by atoms with Gasteiger partial charge >= 0.3 is 5.97 Å². The van der Waals surface area contributed by atoms with Gasteiger partial charge in [0.2, 0.25) is 0 Å². The van der Waals surface area contributed by atoms with Gasteiger partial charge in [-0.2, -0.15) is 0 Å². The van der Waals surface area contributed by atoms with Crippen molar-refractivity contribution in [2.45, 2.75) is 12.5 Å². The van der Waals surface area contributed by atoms with Crippen LogP contribution in [0.2, 0.25) is 5.02 Å². The van der Waals surface area contributed by atoms with E-state index in [9.17, 15) is 4.79 Å². The van der Waals surface area contributed by atoms with Crippen LogP contribution >= 0.6 is 11.6 Å². The van der Waals surface area contributed by atoms with Crippen LogP contribution in [-0.4, -0.2) is 24.2 Å². The Kier molecular flexibility index (Phi) is 2.57. The van der Waals surface area contributed by atoms with Gasteiger partial charge in [0, 0.05) is 23.8 Å². The zero-order valence-electron chi connectivity index (χ0n) is 8.35. The van der Waals surface area contributed by atoms with Crippen LogP contribution in [0.15, 0.2) is 24.3 Å². The maximum Gasteiger partial charge on any atom is 0.308 e. The maximum absolute atomic E-state index is 10.7. The van der Waals surface area contributed by atoms with Crippen molar-refractivity contribution in [2.24, 2.45) is 5.92 Å². The molecule has 15 heavy (non-hydrogen) atoms. The number of carbonyl (C=O) groups is 1. The average molecular weight is 226 g/mol. The largest absolute Gasteiger partial charge is 0.481 e. The summed E-state index contributed by atoms with van der Waals surface area (Å²) in [5.41, 5.74) is 1.01. The Bertz CT molecular complexity index is 377. The van der Waals surface area contributed by atoms with E-state index in [1.165, 1.54) is 0 Å². The molecule has 0 amide bonds. The van der Waals surface area contributed by atoms with Gasteiger partial charge in [-0.3, -0.25) is 4.79 Å². The molecule has 0 spiro atoms. The van der Waals surface area contributed by atoms with Crippen molar-refractivity contribution >= 4 is 23.3 Å². The zero-order valence-corrected chi connectivity index (χ0v) is 9.11. The lowest BCUT2D eigenvalue weighted by atomic mass is 10.3. The first kappa shape index (κ1) is 10.3. The fourth-order valence-corrected chi connectivity index (χ4v) is 1.87. The molecule has 1 aliphatic carbocycles. The van der Waals surface area contributed by atoms with Gasteiger partial charge in [0.1, 0.15) is 0 Å². The number of hydrogen-bond donors (Lipinski definition) is 1. The van der Waals surface area contributed by atoms with E-state index >= 15 is 0 Å². The van der Waals surface area contributed by atoms with Crippen LogP contribution in [0.25, 0.3) is 0 Å². The van der Waals surface area contributed by atoms with E-state index in [1.54, 1.807) is 0 Å². The Labute approximate surface area is 93.3 Å². The molecule has 0 aromatic heterocycles. The van der Waals surface area contributed by atoms with E-state index in [1.807, 2.05) is 36.2 Å². The highest BCUT2D eigenvalue weighted by molar-refractivity contribution is 6.30. The van der Waals surface area contributed by atoms with Crippen molar-refractivity contribution in [1.82, 2.24) is 0 Å². The van der Waals surface area contributed by atoms with Crippen LogP contribution < -0.4 is 4.90 Å². The minimum atomic E-state index is -0.708. The maximum atomic E-state index is 10.7. The lowest BCUT2D eigenvalue weighted by molar-refractivity contribution is -0.138.